The highest BCUT2D eigenvalue weighted by Crippen LogP contribution is 2.35. The van der Waals surface area contributed by atoms with Crippen LogP contribution in [0.3, 0.4) is 0 Å². The van der Waals surface area contributed by atoms with Crippen LogP contribution in [0.4, 0.5) is 5.69 Å². The summed E-state index contributed by atoms with van der Waals surface area (Å²) in [6.45, 7) is 6.81. The van der Waals surface area contributed by atoms with Crippen molar-refractivity contribution < 1.29 is 9.47 Å². The Balaban J connectivity index is 2.08. The first-order chi connectivity index (χ1) is 12.1. The molecule has 1 aliphatic rings. The van der Waals surface area contributed by atoms with Crippen molar-refractivity contribution in [3.63, 3.8) is 0 Å². The zero-order chi connectivity index (χ0) is 18.0. The Kier molecular flexibility index (Phi) is 5.08. The Labute approximate surface area is 148 Å². The van der Waals surface area contributed by atoms with Crippen LogP contribution in [0.1, 0.15) is 49.0 Å². The molecule has 1 unspecified atom stereocenters. The van der Waals surface area contributed by atoms with Gasteiger partial charge in [-0.2, -0.15) is 5.10 Å². The van der Waals surface area contributed by atoms with Crippen molar-refractivity contribution >= 4 is 11.5 Å². The average Bonchev–Trinajstić information content (AvgIpc) is 2.92. The molecule has 134 valence electrons. The highest BCUT2D eigenvalue weighted by atomic mass is 16.5. The number of nitrogens with one attached hydrogen (secondary N) is 1. The van der Waals surface area contributed by atoms with Gasteiger partial charge in [0, 0.05) is 14.2 Å². The summed E-state index contributed by atoms with van der Waals surface area (Å²) in [4.78, 5) is 4.77. The lowest BCUT2D eigenvalue weighted by Crippen LogP contribution is -2.24. The van der Waals surface area contributed by atoms with E-state index in [9.17, 15) is 0 Å². The fraction of sp³-hybridized carbons (Fsp3) is 0.474. The molecule has 1 N–H and O–H groups in total. The number of amidine groups is 1. The summed E-state index contributed by atoms with van der Waals surface area (Å²) in [7, 11) is 3.61. The molecule has 25 heavy (non-hydrogen) atoms. The molecule has 6 heteroatoms. The van der Waals surface area contributed by atoms with Crippen molar-refractivity contribution in [3.05, 3.63) is 40.7 Å². The third-order valence-electron chi connectivity index (χ3n) is 4.29. The third kappa shape index (κ3) is 3.26. The third-order valence-corrected chi connectivity index (χ3v) is 4.29. The fourth-order valence-electron chi connectivity index (χ4n) is 3.17. The second-order valence-electron chi connectivity index (χ2n) is 6.20. The maximum Gasteiger partial charge on any atom is 0.194 e. The SMILES string of the molecule is CCCc1nn(C)c2c1NC(c1cc(C)ccc1OCC)=NC2OC. The zero-order valence-corrected chi connectivity index (χ0v) is 15.6. The van der Waals surface area contributed by atoms with Crippen LogP contribution in [-0.4, -0.2) is 29.3 Å². The Morgan fingerprint density at radius 3 is 2.76 bits per heavy atom. The average molecular weight is 342 g/mol. The van der Waals surface area contributed by atoms with Gasteiger partial charge in [0.2, 0.25) is 0 Å². The Bertz CT molecular complexity index is 795. The Morgan fingerprint density at radius 2 is 2.08 bits per heavy atom. The molecule has 1 aliphatic heterocycles. The zero-order valence-electron chi connectivity index (χ0n) is 15.6. The number of fused-ring (bicyclic) bond motifs is 1. The van der Waals surface area contributed by atoms with Gasteiger partial charge >= 0.3 is 0 Å². The number of nitrogens with zero attached hydrogens (tertiary/aromatic N) is 3. The molecule has 0 saturated heterocycles. The van der Waals surface area contributed by atoms with Gasteiger partial charge in [-0.05, 0) is 32.4 Å². The summed E-state index contributed by atoms with van der Waals surface area (Å²) in [5.74, 6) is 1.58. The van der Waals surface area contributed by atoms with Crippen LogP contribution in [0.2, 0.25) is 0 Å². The van der Waals surface area contributed by atoms with Gasteiger partial charge in [-0.1, -0.05) is 25.0 Å². The smallest absolute Gasteiger partial charge is 0.194 e. The maximum atomic E-state index is 5.80. The molecule has 3 rings (SSSR count). The van der Waals surface area contributed by atoms with Crippen LogP contribution in [0.5, 0.6) is 5.75 Å². The van der Waals surface area contributed by atoms with E-state index in [0.717, 1.165) is 52.6 Å². The summed E-state index contributed by atoms with van der Waals surface area (Å²) in [5, 5.41) is 8.14. The van der Waals surface area contributed by atoms with Gasteiger partial charge in [0.1, 0.15) is 17.3 Å². The van der Waals surface area contributed by atoms with E-state index < -0.39 is 0 Å². The topological polar surface area (TPSA) is 60.7 Å². The minimum absolute atomic E-state index is 0.385. The van der Waals surface area contributed by atoms with Crippen LogP contribution in [0.15, 0.2) is 23.2 Å². The molecule has 2 heterocycles. The second-order valence-corrected chi connectivity index (χ2v) is 6.20. The van der Waals surface area contributed by atoms with Gasteiger partial charge in [-0.3, -0.25) is 4.68 Å². The lowest BCUT2D eigenvalue weighted by Gasteiger charge is -2.24. The van der Waals surface area contributed by atoms with Crippen LogP contribution in [0.25, 0.3) is 0 Å². The van der Waals surface area contributed by atoms with Crippen LogP contribution in [0, 0.1) is 6.92 Å². The van der Waals surface area contributed by atoms with Gasteiger partial charge < -0.3 is 14.8 Å². The van der Waals surface area contributed by atoms with E-state index in [-0.39, 0.29) is 6.23 Å². The quantitative estimate of drug-likeness (QED) is 0.871. The largest absolute Gasteiger partial charge is 0.493 e. The van der Waals surface area contributed by atoms with E-state index in [4.69, 9.17) is 14.5 Å². The second kappa shape index (κ2) is 7.27. The lowest BCUT2D eigenvalue weighted by atomic mass is 10.1. The Hall–Kier alpha value is -2.34. The van der Waals surface area contributed by atoms with Gasteiger partial charge in [0.25, 0.3) is 0 Å². The van der Waals surface area contributed by atoms with Crippen molar-refractivity contribution in [2.75, 3.05) is 19.0 Å². The van der Waals surface area contributed by atoms with E-state index in [2.05, 4.69) is 30.3 Å². The lowest BCUT2D eigenvalue weighted by molar-refractivity contribution is 0.104. The number of anilines is 1. The molecule has 0 radical (unpaired) electrons. The summed E-state index contributed by atoms with van der Waals surface area (Å²) in [5.41, 5.74) is 5.11. The molecule has 0 spiro atoms. The molecular formula is C19H26N4O2. The summed E-state index contributed by atoms with van der Waals surface area (Å²) in [6.07, 6.45) is 1.56. The van der Waals surface area contributed by atoms with Crippen molar-refractivity contribution in [1.29, 1.82) is 0 Å². The molecule has 1 atom stereocenters. The van der Waals surface area contributed by atoms with E-state index in [0.29, 0.717) is 6.61 Å². The number of hydrogen-bond acceptors (Lipinski definition) is 5. The summed E-state index contributed by atoms with van der Waals surface area (Å²) in [6, 6.07) is 6.12. The number of aliphatic imine (C=N–C) groups is 1. The van der Waals surface area contributed by atoms with Crippen molar-refractivity contribution in [2.24, 2.45) is 12.0 Å². The number of aromatic nitrogens is 2. The number of ether oxygens (including phenoxy) is 2. The standard InChI is InChI=1S/C19H26N4O2/c1-6-8-14-16-17(23(4)22-14)19(24-5)21-18(20-16)13-11-12(3)9-10-15(13)25-7-2/h9-11,19H,6-8H2,1-5H3,(H,20,21). The highest BCUT2D eigenvalue weighted by molar-refractivity contribution is 6.11. The van der Waals surface area contributed by atoms with E-state index in [1.54, 1.807) is 7.11 Å². The monoisotopic (exact) mass is 342 g/mol. The Morgan fingerprint density at radius 1 is 1.28 bits per heavy atom. The minimum Gasteiger partial charge on any atom is -0.493 e. The molecule has 0 saturated carbocycles. The number of benzene rings is 1. The highest BCUT2D eigenvalue weighted by Gasteiger charge is 2.29. The number of aryl methyl sites for hydroxylation is 3. The van der Waals surface area contributed by atoms with E-state index >= 15 is 0 Å². The normalized spacial score (nSPS) is 16.2. The van der Waals surface area contributed by atoms with Crippen LogP contribution in [-0.2, 0) is 18.2 Å². The number of hydrogen-bond donors (Lipinski definition) is 1. The predicted molar refractivity (Wildman–Crippen MR) is 99.5 cm³/mol. The molecule has 2 aromatic rings. The molecule has 1 aromatic heterocycles. The van der Waals surface area contributed by atoms with Gasteiger partial charge in [0.05, 0.1) is 23.6 Å². The molecule has 0 amide bonds. The van der Waals surface area contributed by atoms with E-state index in [1.165, 1.54) is 0 Å². The molecule has 6 nitrogen and oxygen atoms in total. The van der Waals surface area contributed by atoms with Gasteiger partial charge in [-0.15, -0.1) is 0 Å². The van der Waals surface area contributed by atoms with Crippen LogP contribution < -0.4 is 10.1 Å². The van der Waals surface area contributed by atoms with Crippen molar-refractivity contribution in [2.45, 2.75) is 39.8 Å². The van der Waals surface area contributed by atoms with Gasteiger partial charge in [0.15, 0.2) is 6.23 Å². The fourth-order valence-corrected chi connectivity index (χ4v) is 3.17. The van der Waals surface area contributed by atoms with E-state index in [1.807, 2.05) is 30.8 Å². The van der Waals surface area contributed by atoms with Crippen LogP contribution >= 0.6 is 0 Å². The first-order valence-electron chi connectivity index (χ1n) is 8.76. The molecular weight excluding hydrogens is 316 g/mol. The number of methoxy groups -OCH3 is 1. The predicted octanol–water partition coefficient (Wildman–Crippen LogP) is 3.60. The van der Waals surface area contributed by atoms with Gasteiger partial charge in [-0.25, -0.2) is 4.99 Å². The minimum atomic E-state index is -0.385. The molecule has 0 bridgehead atoms. The maximum absolute atomic E-state index is 5.80. The molecule has 0 aliphatic carbocycles. The summed E-state index contributed by atoms with van der Waals surface area (Å²) < 4.78 is 13.3. The van der Waals surface area contributed by atoms with Crippen molar-refractivity contribution in [3.8, 4) is 5.75 Å². The molecule has 0 fully saturated rings. The number of rotatable bonds is 6. The first kappa shape index (κ1) is 17.5. The summed E-state index contributed by atoms with van der Waals surface area (Å²) >= 11 is 0. The van der Waals surface area contributed by atoms with Crippen molar-refractivity contribution in [1.82, 2.24) is 9.78 Å². The first-order valence-corrected chi connectivity index (χ1v) is 8.76. The molecule has 1 aromatic carbocycles.